The van der Waals surface area contributed by atoms with Crippen LogP contribution in [-0.4, -0.2) is 96.7 Å². The summed E-state index contributed by atoms with van der Waals surface area (Å²) >= 11 is 0. The molecule has 19 heteroatoms. The normalized spacial score (nSPS) is 14.4. The van der Waals surface area contributed by atoms with Crippen LogP contribution < -0.4 is 0 Å². The largest absolute Gasteiger partial charge is 0.472 e. The van der Waals surface area contributed by atoms with Crippen molar-refractivity contribution in [3.05, 3.63) is 0 Å². The first-order valence-corrected chi connectivity index (χ1v) is 40.2. The highest BCUT2D eigenvalue weighted by atomic mass is 31.2. The highest BCUT2D eigenvalue weighted by Gasteiger charge is 2.30. The molecule has 0 aliphatic carbocycles. The Labute approximate surface area is 549 Å². The van der Waals surface area contributed by atoms with Crippen LogP contribution in [0.15, 0.2) is 0 Å². The number of unbranched alkanes of at least 4 members (excludes halogenated alkanes) is 42. The third kappa shape index (κ3) is 63.5. The highest BCUT2D eigenvalue weighted by molar-refractivity contribution is 7.47. The van der Waals surface area contributed by atoms with Gasteiger partial charge in [0.15, 0.2) is 12.2 Å². The number of aliphatic hydroxyl groups excluding tert-OH is 1. The molecule has 17 nitrogen and oxygen atoms in total. The minimum Gasteiger partial charge on any atom is -0.462 e. The minimum absolute atomic E-state index is 0.107. The Morgan fingerprint density at radius 1 is 0.311 bits per heavy atom. The van der Waals surface area contributed by atoms with Crippen molar-refractivity contribution in [1.29, 1.82) is 0 Å². The lowest BCUT2D eigenvalue weighted by molar-refractivity contribution is -0.161. The Morgan fingerprint density at radius 3 is 0.789 bits per heavy atom. The third-order valence-electron chi connectivity index (χ3n) is 16.9. The number of hydrogen-bond donors (Lipinski definition) is 3. The van der Waals surface area contributed by atoms with E-state index in [0.29, 0.717) is 25.7 Å². The number of phosphoric ester groups is 2. The molecule has 90 heavy (non-hydrogen) atoms. The van der Waals surface area contributed by atoms with E-state index in [1.54, 1.807) is 0 Å². The van der Waals surface area contributed by atoms with Crippen molar-refractivity contribution >= 4 is 39.5 Å². The van der Waals surface area contributed by atoms with Crippen LogP contribution >= 0.6 is 15.6 Å². The third-order valence-corrected chi connectivity index (χ3v) is 18.8. The molecule has 0 saturated heterocycles. The number of rotatable bonds is 71. The van der Waals surface area contributed by atoms with Crippen molar-refractivity contribution in [2.45, 2.75) is 387 Å². The van der Waals surface area contributed by atoms with Gasteiger partial charge in [0.2, 0.25) is 0 Å². The fraction of sp³-hybridized carbons (Fsp3) is 0.944. The van der Waals surface area contributed by atoms with Crippen molar-refractivity contribution in [2.24, 2.45) is 5.92 Å². The topological polar surface area (TPSA) is 237 Å². The summed E-state index contributed by atoms with van der Waals surface area (Å²) in [6.07, 6.45) is 51.2. The van der Waals surface area contributed by atoms with Gasteiger partial charge < -0.3 is 33.8 Å². The van der Waals surface area contributed by atoms with Crippen LogP contribution in [0.3, 0.4) is 0 Å². The predicted octanol–water partition coefficient (Wildman–Crippen LogP) is 20.5. The number of aliphatic hydroxyl groups is 1. The maximum Gasteiger partial charge on any atom is 0.472 e. The Bertz CT molecular complexity index is 1740. The van der Waals surface area contributed by atoms with Gasteiger partial charge in [-0.1, -0.05) is 317 Å². The highest BCUT2D eigenvalue weighted by Crippen LogP contribution is 2.45. The van der Waals surface area contributed by atoms with Gasteiger partial charge >= 0.3 is 39.5 Å². The summed E-state index contributed by atoms with van der Waals surface area (Å²) in [7, 11) is -9.90. The molecule has 0 radical (unpaired) electrons. The van der Waals surface area contributed by atoms with Crippen LogP contribution in [0.5, 0.6) is 0 Å². The first kappa shape index (κ1) is 88.1. The Balaban J connectivity index is 5.21. The van der Waals surface area contributed by atoms with Crippen LogP contribution in [0, 0.1) is 5.92 Å². The molecule has 0 heterocycles. The quantitative estimate of drug-likeness (QED) is 0.0222. The summed E-state index contributed by atoms with van der Waals surface area (Å²) in [6.45, 7) is 7.29. The SMILES string of the molecule is CCCCCCCCCCCCCCCC(=O)OC[C@H](COP(=O)(O)OC[C@@H](O)COP(=O)(O)OC[C@@H](COC(=O)CCCCCCCCCCC)OC(=O)CCCCCCCCCCCC)OC(=O)CCCCCCCCCCCCCCCCC(C)CC. The molecule has 0 aliphatic rings. The van der Waals surface area contributed by atoms with E-state index in [4.69, 9.17) is 37.0 Å². The number of esters is 4. The lowest BCUT2D eigenvalue weighted by Crippen LogP contribution is -2.30. The maximum atomic E-state index is 13.0. The molecule has 3 unspecified atom stereocenters. The second-order valence-electron chi connectivity index (χ2n) is 25.9. The van der Waals surface area contributed by atoms with Crippen LogP contribution in [0.4, 0.5) is 0 Å². The van der Waals surface area contributed by atoms with Crippen LogP contribution in [0.2, 0.25) is 0 Å². The summed E-state index contributed by atoms with van der Waals surface area (Å²) in [6, 6.07) is 0. The standard InChI is InChI=1S/C71H138O17P2/c1-6-10-13-16-19-22-24-27-31-36-40-45-50-55-69(74)82-61-67(88-71(76)57-52-47-42-37-32-29-26-25-28-30-34-38-43-48-53-64(5)9-4)63-86-90(79,80)84-59-65(72)58-83-89(77,78)85-62-66(60-81-68(73)54-49-44-39-33-21-18-15-12-8-3)87-70(75)56-51-46-41-35-23-20-17-14-11-7-2/h64-67,72H,6-63H2,1-5H3,(H,77,78)(H,79,80)/t64?,65-,66+,67+/m0/s1. The first-order valence-electron chi connectivity index (χ1n) is 37.2. The number of phosphoric acid groups is 2. The van der Waals surface area contributed by atoms with Crippen molar-refractivity contribution < 1.29 is 80.2 Å². The molecular formula is C71H138O17P2. The monoisotopic (exact) mass is 1320 g/mol. The molecular weight excluding hydrogens is 1190 g/mol. The van der Waals surface area contributed by atoms with E-state index >= 15 is 0 Å². The lowest BCUT2D eigenvalue weighted by atomic mass is 9.99. The number of carbonyl (C=O) groups excluding carboxylic acids is 4. The summed E-state index contributed by atoms with van der Waals surface area (Å²) in [5.74, 6) is -1.27. The maximum absolute atomic E-state index is 13.0. The fourth-order valence-corrected chi connectivity index (χ4v) is 12.4. The molecule has 0 bridgehead atoms. The van der Waals surface area contributed by atoms with Crippen molar-refractivity contribution in [3.63, 3.8) is 0 Å². The summed E-state index contributed by atoms with van der Waals surface area (Å²) in [5, 5.41) is 10.6. The van der Waals surface area contributed by atoms with Gasteiger partial charge in [-0.15, -0.1) is 0 Å². The first-order chi connectivity index (χ1) is 43.6. The zero-order chi connectivity index (χ0) is 66.3. The molecule has 0 saturated carbocycles. The van der Waals surface area contributed by atoms with Gasteiger partial charge in [-0.2, -0.15) is 0 Å². The molecule has 3 N–H and O–H groups in total. The minimum atomic E-state index is -4.95. The average molecular weight is 1330 g/mol. The molecule has 0 amide bonds. The number of ether oxygens (including phenoxy) is 4. The second-order valence-corrected chi connectivity index (χ2v) is 28.8. The Hall–Kier alpha value is -1.94. The van der Waals surface area contributed by atoms with E-state index in [1.807, 2.05) is 0 Å². The lowest BCUT2D eigenvalue weighted by Gasteiger charge is -2.21. The second kappa shape index (κ2) is 64.4. The molecule has 0 fully saturated rings. The van der Waals surface area contributed by atoms with Crippen LogP contribution in [-0.2, 0) is 65.4 Å². The van der Waals surface area contributed by atoms with E-state index < -0.39 is 97.5 Å². The Morgan fingerprint density at radius 2 is 0.533 bits per heavy atom. The summed E-state index contributed by atoms with van der Waals surface area (Å²) in [4.78, 5) is 72.5. The molecule has 0 aliphatic heterocycles. The molecule has 0 aromatic carbocycles. The van der Waals surface area contributed by atoms with Crippen molar-refractivity contribution in [1.82, 2.24) is 0 Å². The van der Waals surface area contributed by atoms with Crippen LogP contribution in [0.1, 0.15) is 369 Å². The smallest absolute Gasteiger partial charge is 0.462 e. The summed E-state index contributed by atoms with van der Waals surface area (Å²) in [5.41, 5.74) is 0. The van der Waals surface area contributed by atoms with Crippen molar-refractivity contribution in [2.75, 3.05) is 39.6 Å². The van der Waals surface area contributed by atoms with Crippen molar-refractivity contribution in [3.8, 4) is 0 Å². The average Bonchev–Trinajstić information content (AvgIpc) is 3.53. The Kier molecular flexibility index (Phi) is 63.0. The van der Waals surface area contributed by atoms with Gasteiger partial charge in [0.05, 0.1) is 26.4 Å². The van der Waals surface area contributed by atoms with E-state index in [-0.39, 0.29) is 25.7 Å². The van der Waals surface area contributed by atoms with Crippen LogP contribution in [0.25, 0.3) is 0 Å². The molecule has 0 aromatic rings. The molecule has 534 valence electrons. The predicted molar refractivity (Wildman–Crippen MR) is 363 cm³/mol. The zero-order valence-electron chi connectivity index (χ0n) is 58.3. The van der Waals surface area contributed by atoms with Gasteiger partial charge in [-0.05, 0) is 31.6 Å². The van der Waals surface area contributed by atoms with E-state index in [1.165, 1.54) is 193 Å². The number of carbonyl (C=O) groups is 4. The van der Waals surface area contributed by atoms with Gasteiger partial charge in [0.1, 0.15) is 19.3 Å². The van der Waals surface area contributed by atoms with Gasteiger partial charge in [0, 0.05) is 25.7 Å². The molecule has 6 atom stereocenters. The van der Waals surface area contributed by atoms with Gasteiger partial charge in [-0.25, -0.2) is 9.13 Å². The molecule has 0 aromatic heterocycles. The fourth-order valence-electron chi connectivity index (χ4n) is 10.8. The molecule has 0 spiro atoms. The van der Waals surface area contributed by atoms with Gasteiger partial charge in [-0.3, -0.25) is 37.3 Å². The molecule has 0 rings (SSSR count). The van der Waals surface area contributed by atoms with Gasteiger partial charge in [0.25, 0.3) is 0 Å². The van der Waals surface area contributed by atoms with E-state index in [2.05, 4.69) is 34.6 Å². The zero-order valence-corrected chi connectivity index (χ0v) is 60.1. The van der Waals surface area contributed by atoms with E-state index in [9.17, 15) is 43.2 Å². The summed E-state index contributed by atoms with van der Waals surface area (Å²) < 4.78 is 68.3. The van der Waals surface area contributed by atoms with E-state index in [0.717, 1.165) is 95.8 Å². The number of hydrogen-bond acceptors (Lipinski definition) is 15.